The third kappa shape index (κ3) is 3.41. The van der Waals surface area contributed by atoms with Gasteiger partial charge in [0.2, 0.25) is 5.88 Å². The molecule has 0 aromatic carbocycles. The van der Waals surface area contributed by atoms with Crippen LogP contribution < -0.4 is 10.5 Å². The van der Waals surface area contributed by atoms with E-state index in [9.17, 15) is 0 Å². The highest BCUT2D eigenvalue weighted by Crippen LogP contribution is 2.25. The van der Waals surface area contributed by atoms with Crippen molar-refractivity contribution in [2.24, 2.45) is 18.7 Å². The van der Waals surface area contributed by atoms with Crippen LogP contribution >= 0.6 is 12.4 Å². The lowest BCUT2D eigenvalue weighted by atomic mass is 9.94. The summed E-state index contributed by atoms with van der Waals surface area (Å²) in [6.45, 7) is 7.28. The summed E-state index contributed by atoms with van der Waals surface area (Å²) in [5.41, 5.74) is 8.31. The molecule has 19 heavy (non-hydrogen) atoms. The van der Waals surface area contributed by atoms with Crippen molar-refractivity contribution in [3.8, 4) is 5.88 Å². The SMILES string of the molecule is COc1c(CN2CCC(N)C(C)C2)c(C)nn1C.Cl. The summed E-state index contributed by atoms with van der Waals surface area (Å²) in [6, 6.07) is 0.346. The third-order valence-corrected chi connectivity index (χ3v) is 3.92. The van der Waals surface area contributed by atoms with E-state index in [0.29, 0.717) is 12.0 Å². The number of aromatic nitrogens is 2. The van der Waals surface area contributed by atoms with Crippen LogP contribution in [0, 0.1) is 12.8 Å². The molecule has 1 aromatic heterocycles. The van der Waals surface area contributed by atoms with Gasteiger partial charge < -0.3 is 10.5 Å². The number of piperidine rings is 1. The summed E-state index contributed by atoms with van der Waals surface area (Å²) in [5, 5.41) is 4.42. The van der Waals surface area contributed by atoms with Gasteiger partial charge in [-0.05, 0) is 25.8 Å². The van der Waals surface area contributed by atoms with Crippen molar-refractivity contribution in [1.29, 1.82) is 0 Å². The fraction of sp³-hybridized carbons (Fsp3) is 0.769. The first-order valence-electron chi connectivity index (χ1n) is 6.57. The van der Waals surface area contributed by atoms with Gasteiger partial charge in [0.05, 0.1) is 18.4 Å². The number of hydrogen-bond donors (Lipinski definition) is 1. The van der Waals surface area contributed by atoms with Gasteiger partial charge in [-0.2, -0.15) is 5.10 Å². The zero-order chi connectivity index (χ0) is 13.3. The van der Waals surface area contributed by atoms with Crippen LogP contribution in [-0.2, 0) is 13.6 Å². The zero-order valence-corrected chi connectivity index (χ0v) is 13.0. The lowest BCUT2D eigenvalue weighted by Gasteiger charge is -2.35. The summed E-state index contributed by atoms with van der Waals surface area (Å²) < 4.78 is 7.24. The molecule has 2 N–H and O–H groups in total. The number of halogens is 1. The smallest absolute Gasteiger partial charge is 0.216 e. The highest BCUT2D eigenvalue weighted by molar-refractivity contribution is 5.85. The predicted octanol–water partition coefficient (Wildman–Crippen LogP) is 1.33. The number of methoxy groups -OCH3 is 1. The molecule has 0 bridgehead atoms. The fourth-order valence-electron chi connectivity index (χ4n) is 2.74. The van der Waals surface area contributed by atoms with E-state index in [1.54, 1.807) is 7.11 Å². The van der Waals surface area contributed by atoms with Gasteiger partial charge in [0.1, 0.15) is 0 Å². The van der Waals surface area contributed by atoms with Crippen molar-refractivity contribution >= 4 is 12.4 Å². The quantitative estimate of drug-likeness (QED) is 0.912. The van der Waals surface area contributed by atoms with Gasteiger partial charge in [0, 0.05) is 26.2 Å². The number of aryl methyl sites for hydroxylation is 2. The van der Waals surface area contributed by atoms with Gasteiger partial charge in [-0.1, -0.05) is 6.92 Å². The maximum atomic E-state index is 6.06. The van der Waals surface area contributed by atoms with Crippen LogP contribution in [0.5, 0.6) is 5.88 Å². The Labute approximate surface area is 121 Å². The Hall–Kier alpha value is -0.780. The number of rotatable bonds is 3. The van der Waals surface area contributed by atoms with Crippen LogP contribution in [0.4, 0.5) is 0 Å². The minimum atomic E-state index is 0. The molecule has 2 heterocycles. The first-order chi connectivity index (χ1) is 8.52. The van der Waals surface area contributed by atoms with Crippen molar-refractivity contribution in [3.05, 3.63) is 11.3 Å². The van der Waals surface area contributed by atoms with Crippen molar-refractivity contribution in [3.63, 3.8) is 0 Å². The lowest BCUT2D eigenvalue weighted by molar-refractivity contribution is 0.156. The van der Waals surface area contributed by atoms with E-state index in [2.05, 4.69) is 16.9 Å². The van der Waals surface area contributed by atoms with Crippen LogP contribution in [0.2, 0.25) is 0 Å². The minimum absolute atomic E-state index is 0. The summed E-state index contributed by atoms with van der Waals surface area (Å²) >= 11 is 0. The van der Waals surface area contributed by atoms with E-state index in [1.807, 2.05) is 18.7 Å². The Bertz CT molecular complexity index is 421. The molecule has 0 spiro atoms. The second kappa shape index (κ2) is 6.59. The van der Waals surface area contributed by atoms with Crippen LogP contribution in [-0.4, -0.2) is 40.9 Å². The summed E-state index contributed by atoms with van der Waals surface area (Å²) in [4.78, 5) is 2.44. The van der Waals surface area contributed by atoms with Crippen molar-refractivity contribution in [1.82, 2.24) is 14.7 Å². The fourth-order valence-corrected chi connectivity index (χ4v) is 2.74. The average molecular weight is 289 g/mol. The van der Waals surface area contributed by atoms with Gasteiger partial charge in [-0.25, -0.2) is 4.68 Å². The van der Waals surface area contributed by atoms with E-state index >= 15 is 0 Å². The Morgan fingerprint density at radius 1 is 1.47 bits per heavy atom. The molecule has 0 radical (unpaired) electrons. The van der Waals surface area contributed by atoms with E-state index in [0.717, 1.165) is 37.6 Å². The number of ether oxygens (including phenoxy) is 1. The van der Waals surface area contributed by atoms with E-state index in [1.165, 1.54) is 5.56 Å². The zero-order valence-electron chi connectivity index (χ0n) is 12.2. The molecule has 0 aliphatic carbocycles. The van der Waals surface area contributed by atoms with Crippen LogP contribution in [0.3, 0.4) is 0 Å². The lowest BCUT2D eigenvalue weighted by Crippen LogP contribution is -2.45. The Balaban J connectivity index is 0.00000180. The van der Waals surface area contributed by atoms with Gasteiger partial charge in [-0.3, -0.25) is 4.90 Å². The third-order valence-electron chi connectivity index (χ3n) is 3.92. The number of nitrogens with two attached hydrogens (primary N) is 1. The first kappa shape index (κ1) is 16.3. The summed E-state index contributed by atoms with van der Waals surface area (Å²) in [6.07, 6.45) is 1.07. The minimum Gasteiger partial charge on any atom is -0.481 e. The maximum absolute atomic E-state index is 6.06. The number of nitrogens with zero attached hydrogens (tertiary/aromatic N) is 3. The molecule has 6 heteroatoms. The van der Waals surface area contributed by atoms with Crippen molar-refractivity contribution in [2.75, 3.05) is 20.2 Å². The van der Waals surface area contributed by atoms with Crippen LogP contribution in [0.25, 0.3) is 0 Å². The molecule has 1 aromatic rings. The molecule has 1 saturated heterocycles. The van der Waals surface area contributed by atoms with Gasteiger partial charge >= 0.3 is 0 Å². The highest BCUT2D eigenvalue weighted by Gasteiger charge is 2.25. The Kier molecular flexibility index (Phi) is 5.64. The molecule has 2 atom stereocenters. The molecule has 1 aliphatic rings. The molecular formula is C13H25ClN4O. The van der Waals surface area contributed by atoms with Crippen LogP contribution in [0.1, 0.15) is 24.6 Å². The largest absolute Gasteiger partial charge is 0.481 e. The van der Waals surface area contributed by atoms with Crippen LogP contribution in [0.15, 0.2) is 0 Å². The maximum Gasteiger partial charge on any atom is 0.216 e. The van der Waals surface area contributed by atoms with Gasteiger partial charge in [0.25, 0.3) is 0 Å². The van der Waals surface area contributed by atoms with Crippen molar-refractivity contribution < 1.29 is 4.74 Å². The molecule has 110 valence electrons. The molecule has 5 nitrogen and oxygen atoms in total. The molecule has 0 saturated carbocycles. The topological polar surface area (TPSA) is 56.3 Å². The average Bonchev–Trinajstić information content (AvgIpc) is 2.58. The molecular weight excluding hydrogens is 264 g/mol. The van der Waals surface area contributed by atoms with Crippen molar-refractivity contribution in [2.45, 2.75) is 32.9 Å². The monoisotopic (exact) mass is 288 g/mol. The van der Waals surface area contributed by atoms with E-state index in [-0.39, 0.29) is 12.4 Å². The normalized spacial score (nSPS) is 24.1. The number of likely N-dealkylation sites (tertiary alicyclic amines) is 1. The standard InChI is InChI=1S/C13H24N4O.ClH/c1-9-7-17(6-5-12(9)14)8-11-10(2)15-16(3)13(11)18-4;/h9,12H,5-8,14H2,1-4H3;1H. The van der Waals surface area contributed by atoms with E-state index < -0.39 is 0 Å². The molecule has 0 amide bonds. The van der Waals surface area contributed by atoms with E-state index in [4.69, 9.17) is 10.5 Å². The molecule has 2 rings (SSSR count). The molecule has 1 aliphatic heterocycles. The Morgan fingerprint density at radius 3 is 2.74 bits per heavy atom. The first-order valence-corrected chi connectivity index (χ1v) is 6.57. The second-order valence-corrected chi connectivity index (χ2v) is 5.36. The second-order valence-electron chi connectivity index (χ2n) is 5.36. The molecule has 1 fully saturated rings. The summed E-state index contributed by atoms with van der Waals surface area (Å²) in [5.74, 6) is 1.43. The van der Waals surface area contributed by atoms with Gasteiger partial charge in [0.15, 0.2) is 0 Å². The number of hydrogen-bond acceptors (Lipinski definition) is 4. The summed E-state index contributed by atoms with van der Waals surface area (Å²) in [7, 11) is 3.62. The van der Waals surface area contributed by atoms with Gasteiger partial charge in [-0.15, -0.1) is 12.4 Å². The molecule has 2 unspecified atom stereocenters. The predicted molar refractivity (Wildman–Crippen MR) is 78.8 cm³/mol. The Morgan fingerprint density at radius 2 is 2.16 bits per heavy atom. The highest BCUT2D eigenvalue weighted by atomic mass is 35.5.